The van der Waals surface area contributed by atoms with E-state index in [1.807, 2.05) is 29.8 Å². The van der Waals surface area contributed by atoms with Gasteiger partial charge in [-0.2, -0.15) is 5.10 Å². The Kier molecular flexibility index (Phi) is 4.78. The van der Waals surface area contributed by atoms with E-state index in [2.05, 4.69) is 23.9 Å². The summed E-state index contributed by atoms with van der Waals surface area (Å²) in [5.74, 6) is 1.43. The molecule has 0 amide bonds. The molecule has 0 aliphatic rings. The summed E-state index contributed by atoms with van der Waals surface area (Å²) >= 11 is 6.27. The second-order valence-corrected chi connectivity index (χ2v) is 6.00. The fourth-order valence-corrected chi connectivity index (χ4v) is 2.56. The minimum atomic E-state index is -0.168. The van der Waals surface area contributed by atoms with Crippen molar-refractivity contribution in [3.63, 3.8) is 0 Å². The van der Waals surface area contributed by atoms with E-state index in [0.717, 1.165) is 23.5 Å². The van der Waals surface area contributed by atoms with Crippen LogP contribution in [0.3, 0.4) is 0 Å². The lowest BCUT2D eigenvalue weighted by Gasteiger charge is -2.15. The molecule has 4 nitrogen and oxygen atoms in total. The number of aromatic nitrogens is 3. The molecular formula is C15H21ClN4. The minimum absolute atomic E-state index is 0.168. The molecule has 0 fully saturated rings. The zero-order valence-corrected chi connectivity index (χ0v) is 12.9. The van der Waals surface area contributed by atoms with Gasteiger partial charge in [-0.3, -0.25) is 0 Å². The predicted octanol–water partition coefficient (Wildman–Crippen LogP) is 3.14. The lowest BCUT2D eigenvalue weighted by molar-refractivity contribution is 0.459. The third-order valence-corrected chi connectivity index (χ3v) is 3.52. The first-order valence-electron chi connectivity index (χ1n) is 6.85. The van der Waals surface area contributed by atoms with E-state index in [0.29, 0.717) is 17.4 Å². The van der Waals surface area contributed by atoms with Crippen molar-refractivity contribution in [3.8, 4) is 0 Å². The zero-order valence-electron chi connectivity index (χ0n) is 12.2. The summed E-state index contributed by atoms with van der Waals surface area (Å²) in [6.45, 7) is 7.18. The van der Waals surface area contributed by atoms with Crippen molar-refractivity contribution in [1.82, 2.24) is 14.8 Å². The van der Waals surface area contributed by atoms with Crippen LogP contribution >= 0.6 is 11.6 Å². The third kappa shape index (κ3) is 3.58. The highest BCUT2D eigenvalue weighted by Crippen LogP contribution is 2.24. The second-order valence-electron chi connectivity index (χ2n) is 5.59. The molecule has 1 atom stereocenters. The van der Waals surface area contributed by atoms with Crippen LogP contribution in [0.4, 0.5) is 0 Å². The van der Waals surface area contributed by atoms with Crippen LogP contribution in [0.15, 0.2) is 24.5 Å². The summed E-state index contributed by atoms with van der Waals surface area (Å²) in [7, 11) is 0. The number of aryl methyl sites for hydroxylation is 1. The maximum atomic E-state index is 6.27. The zero-order chi connectivity index (χ0) is 14.7. The summed E-state index contributed by atoms with van der Waals surface area (Å²) in [5, 5.41) is 4.97. The van der Waals surface area contributed by atoms with Crippen LogP contribution in [0.5, 0.6) is 0 Å². The van der Waals surface area contributed by atoms with Crippen LogP contribution in [0, 0.1) is 12.8 Å². The first kappa shape index (κ1) is 15.0. The molecule has 5 heteroatoms. The van der Waals surface area contributed by atoms with Crippen molar-refractivity contribution in [2.24, 2.45) is 11.7 Å². The van der Waals surface area contributed by atoms with Gasteiger partial charge in [0.25, 0.3) is 0 Å². The number of nitrogens with zero attached hydrogens (tertiary/aromatic N) is 3. The SMILES string of the molecule is Cc1ccc(C(N)Cc2ncnn2CC(C)C)c(Cl)c1. The molecule has 0 radical (unpaired) electrons. The van der Waals surface area contributed by atoms with Crippen molar-refractivity contribution in [2.75, 3.05) is 0 Å². The summed E-state index contributed by atoms with van der Waals surface area (Å²) in [6.07, 6.45) is 2.22. The maximum Gasteiger partial charge on any atom is 0.138 e. The second kappa shape index (κ2) is 6.37. The lowest BCUT2D eigenvalue weighted by Crippen LogP contribution is -2.18. The van der Waals surface area contributed by atoms with Gasteiger partial charge in [-0.1, -0.05) is 37.6 Å². The summed E-state index contributed by atoms with van der Waals surface area (Å²) < 4.78 is 1.92. The smallest absolute Gasteiger partial charge is 0.138 e. The van der Waals surface area contributed by atoms with Crippen LogP contribution in [0.2, 0.25) is 5.02 Å². The normalized spacial score (nSPS) is 12.9. The van der Waals surface area contributed by atoms with Gasteiger partial charge in [0.2, 0.25) is 0 Å². The summed E-state index contributed by atoms with van der Waals surface area (Å²) in [5.41, 5.74) is 8.36. The highest BCUT2D eigenvalue weighted by atomic mass is 35.5. The monoisotopic (exact) mass is 292 g/mol. The Balaban J connectivity index is 2.15. The molecule has 108 valence electrons. The van der Waals surface area contributed by atoms with Gasteiger partial charge in [-0.05, 0) is 30.0 Å². The van der Waals surface area contributed by atoms with Crippen LogP contribution in [-0.2, 0) is 13.0 Å². The van der Waals surface area contributed by atoms with E-state index in [4.69, 9.17) is 17.3 Å². The molecule has 0 bridgehead atoms. The standard InChI is InChI=1S/C15H21ClN4/c1-10(2)8-20-15(18-9-19-20)7-14(17)12-5-4-11(3)6-13(12)16/h4-6,9-10,14H,7-8,17H2,1-3H3. The van der Waals surface area contributed by atoms with Crippen molar-refractivity contribution < 1.29 is 0 Å². The molecule has 0 spiro atoms. The van der Waals surface area contributed by atoms with E-state index >= 15 is 0 Å². The Morgan fingerprint density at radius 1 is 1.35 bits per heavy atom. The molecule has 20 heavy (non-hydrogen) atoms. The molecule has 1 heterocycles. The molecular weight excluding hydrogens is 272 g/mol. The number of halogens is 1. The Bertz CT molecular complexity index is 577. The molecule has 2 N–H and O–H groups in total. The minimum Gasteiger partial charge on any atom is -0.324 e. The van der Waals surface area contributed by atoms with Gasteiger partial charge in [0, 0.05) is 24.0 Å². The summed E-state index contributed by atoms with van der Waals surface area (Å²) in [6, 6.07) is 5.79. The topological polar surface area (TPSA) is 56.7 Å². The van der Waals surface area contributed by atoms with Crippen LogP contribution in [0.1, 0.15) is 36.8 Å². The molecule has 2 rings (SSSR count). The molecule has 0 saturated heterocycles. The van der Waals surface area contributed by atoms with Gasteiger partial charge in [0.05, 0.1) is 0 Å². The van der Waals surface area contributed by atoms with Crippen LogP contribution in [-0.4, -0.2) is 14.8 Å². The van der Waals surface area contributed by atoms with Crippen molar-refractivity contribution in [1.29, 1.82) is 0 Å². The molecule has 0 aliphatic carbocycles. The van der Waals surface area contributed by atoms with Crippen molar-refractivity contribution in [2.45, 2.75) is 39.8 Å². The van der Waals surface area contributed by atoms with E-state index in [1.54, 1.807) is 6.33 Å². The Morgan fingerprint density at radius 3 is 2.75 bits per heavy atom. The van der Waals surface area contributed by atoms with Gasteiger partial charge in [-0.25, -0.2) is 9.67 Å². The van der Waals surface area contributed by atoms with Crippen LogP contribution < -0.4 is 5.73 Å². The number of benzene rings is 1. The van der Waals surface area contributed by atoms with E-state index < -0.39 is 0 Å². The highest BCUT2D eigenvalue weighted by molar-refractivity contribution is 6.31. The summed E-state index contributed by atoms with van der Waals surface area (Å²) in [4.78, 5) is 4.31. The van der Waals surface area contributed by atoms with Crippen molar-refractivity contribution in [3.05, 3.63) is 46.5 Å². The highest BCUT2D eigenvalue weighted by Gasteiger charge is 2.15. The molecule has 1 unspecified atom stereocenters. The molecule has 0 saturated carbocycles. The predicted molar refractivity (Wildman–Crippen MR) is 81.7 cm³/mol. The van der Waals surface area contributed by atoms with Crippen LogP contribution in [0.25, 0.3) is 0 Å². The fraction of sp³-hybridized carbons (Fsp3) is 0.467. The molecule has 2 aromatic rings. The largest absolute Gasteiger partial charge is 0.324 e. The van der Waals surface area contributed by atoms with E-state index in [-0.39, 0.29) is 6.04 Å². The third-order valence-electron chi connectivity index (χ3n) is 3.19. The number of hydrogen-bond acceptors (Lipinski definition) is 3. The lowest BCUT2D eigenvalue weighted by atomic mass is 10.0. The van der Waals surface area contributed by atoms with Gasteiger partial charge in [0.1, 0.15) is 12.2 Å². The fourth-order valence-electron chi connectivity index (χ4n) is 2.18. The first-order valence-corrected chi connectivity index (χ1v) is 7.23. The van der Waals surface area contributed by atoms with Gasteiger partial charge in [0.15, 0.2) is 0 Å². The quantitative estimate of drug-likeness (QED) is 0.921. The molecule has 1 aromatic carbocycles. The number of nitrogens with two attached hydrogens (primary N) is 1. The number of rotatable bonds is 5. The van der Waals surface area contributed by atoms with E-state index in [1.165, 1.54) is 0 Å². The average Bonchev–Trinajstić information content (AvgIpc) is 2.75. The van der Waals surface area contributed by atoms with E-state index in [9.17, 15) is 0 Å². The molecule has 1 aromatic heterocycles. The van der Waals surface area contributed by atoms with Gasteiger partial charge in [-0.15, -0.1) is 0 Å². The number of hydrogen-bond donors (Lipinski definition) is 1. The average molecular weight is 293 g/mol. The van der Waals surface area contributed by atoms with Crippen molar-refractivity contribution >= 4 is 11.6 Å². The first-order chi connectivity index (χ1) is 9.47. The Hall–Kier alpha value is -1.39. The Morgan fingerprint density at radius 2 is 2.10 bits per heavy atom. The Labute approximate surface area is 125 Å². The van der Waals surface area contributed by atoms with Gasteiger partial charge >= 0.3 is 0 Å². The molecule has 0 aliphatic heterocycles. The van der Waals surface area contributed by atoms with Gasteiger partial charge < -0.3 is 5.73 Å². The maximum absolute atomic E-state index is 6.27.